The van der Waals surface area contributed by atoms with Crippen LogP contribution < -0.4 is 9.47 Å². The van der Waals surface area contributed by atoms with Crippen LogP contribution in [0.4, 0.5) is 4.79 Å². The first-order valence-electron chi connectivity index (χ1n) is 6.04. The zero-order chi connectivity index (χ0) is 14.4. The number of aryl methyl sites for hydroxylation is 1. The van der Waals surface area contributed by atoms with E-state index in [-0.39, 0.29) is 23.0 Å². The van der Waals surface area contributed by atoms with Crippen LogP contribution in [0.5, 0.6) is 23.0 Å². The van der Waals surface area contributed by atoms with Crippen LogP contribution in [0.3, 0.4) is 0 Å². The van der Waals surface area contributed by atoms with Gasteiger partial charge in [-0.25, -0.2) is 4.79 Å². The van der Waals surface area contributed by atoms with Crippen LogP contribution in [0.15, 0.2) is 24.3 Å². The molecule has 0 spiro atoms. The lowest BCUT2D eigenvalue weighted by molar-refractivity contribution is 0.145. The minimum absolute atomic E-state index is 0.00578. The van der Waals surface area contributed by atoms with Gasteiger partial charge in [0.1, 0.15) is 17.2 Å². The predicted molar refractivity (Wildman–Crippen MR) is 71.3 cm³/mol. The fourth-order valence-corrected chi connectivity index (χ4v) is 2.37. The number of carbonyl (C=O) groups is 1. The molecular weight excluding hydrogens is 260 g/mol. The molecule has 102 valence electrons. The normalized spacial score (nSPS) is 12.8. The molecule has 2 N–H and O–H groups in total. The Hall–Kier alpha value is -2.69. The molecule has 0 amide bonds. The molecule has 0 atom stereocenters. The summed E-state index contributed by atoms with van der Waals surface area (Å²) >= 11 is 0. The smallest absolute Gasteiger partial charge is 0.507 e. The Bertz CT molecular complexity index is 713. The van der Waals surface area contributed by atoms with Crippen LogP contribution >= 0.6 is 0 Å². The number of phenolic OH excluding ortho intramolecular Hbond substituents is 2. The van der Waals surface area contributed by atoms with Crippen molar-refractivity contribution >= 4 is 6.16 Å². The molecule has 1 aliphatic rings. The van der Waals surface area contributed by atoms with Crippen molar-refractivity contribution in [2.24, 2.45) is 0 Å². The summed E-state index contributed by atoms with van der Waals surface area (Å²) in [6.45, 7) is 3.51. The van der Waals surface area contributed by atoms with E-state index < -0.39 is 6.16 Å². The summed E-state index contributed by atoms with van der Waals surface area (Å²) in [4.78, 5) is 11.4. The Kier molecular flexibility index (Phi) is 2.57. The highest BCUT2D eigenvalue weighted by Crippen LogP contribution is 2.49. The number of phenols is 2. The summed E-state index contributed by atoms with van der Waals surface area (Å²) in [5.41, 5.74) is 2.08. The highest BCUT2D eigenvalue weighted by molar-refractivity contribution is 5.89. The molecular formula is C15H12O5. The molecule has 2 aromatic rings. The van der Waals surface area contributed by atoms with Gasteiger partial charge >= 0.3 is 6.16 Å². The molecule has 20 heavy (non-hydrogen) atoms. The van der Waals surface area contributed by atoms with Crippen molar-refractivity contribution in [1.29, 1.82) is 0 Å². The number of rotatable bonds is 1. The monoisotopic (exact) mass is 272 g/mol. The van der Waals surface area contributed by atoms with Gasteiger partial charge in [-0.1, -0.05) is 12.1 Å². The van der Waals surface area contributed by atoms with E-state index in [1.165, 1.54) is 12.1 Å². The van der Waals surface area contributed by atoms with Crippen molar-refractivity contribution in [2.75, 3.05) is 0 Å². The second-order valence-electron chi connectivity index (χ2n) is 4.65. The van der Waals surface area contributed by atoms with Gasteiger partial charge in [0.05, 0.1) is 5.56 Å². The van der Waals surface area contributed by atoms with E-state index in [4.69, 9.17) is 9.47 Å². The summed E-state index contributed by atoms with van der Waals surface area (Å²) in [7, 11) is 0. The highest BCUT2D eigenvalue weighted by Gasteiger charge is 2.29. The van der Waals surface area contributed by atoms with Gasteiger partial charge in [0.15, 0.2) is 5.75 Å². The van der Waals surface area contributed by atoms with Crippen LogP contribution in [0, 0.1) is 13.8 Å². The van der Waals surface area contributed by atoms with Crippen molar-refractivity contribution in [2.45, 2.75) is 13.8 Å². The Labute approximate surface area is 115 Å². The third-order valence-electron chi connectivity index (χ3n) is 3.34. The van der Waals surface area contributed by atoms with E-state index in [9.17, 15) is 15.0 Å². The minimum atomic E-state index is -0.852. The molecule has 5 heteroatoms. The van der Waals surface area contributed by atoms with Crippen LogP contribution in [0.2, 0.25) is 0 Å². The number of hydrogen-bond acceptors (Lipinski definition) is 5. The first kappa shape index (κ1) is 12.3. The summed E-state index contributed by atoms with van der Waals surface area (Å²) in [5.74, 6) is 0.357. The second-order valence-corrected chi connectivity index (χ2v) is 4.65. The topological polar surface area (TPSA) is 76.0 Å². The number of aromatic hydroxyl groups is 2. The number of ether oxygens (including phenoxy) is 2. The number of carbonyl (C=O) groups excluding carboxylic acids is 1. The largest absolute Gasteiger partial charge is 0.519 e. The molecule has 0 radical (unpaired) electrons. The molecule has 2 aromatic carbocycles. The van der Waals surface area contributed by atoms with Gasteiger partial charge in [0, 0.05) is 17.2 Å². The third kappa shape index (κ3) is 1.67. The number of fused-ring (bicyclic) bond motifs is 2. The molecule has 0 saturated carbocycles. The zero-order valence-corrected chi connectivity index (χ0v) is 10.9. The fraction of sp³-hybridized carbons (Fsp3) is 0.133. The van der Waals surface area contributed by atoms with E-state index in [0.717, 1.165) is 5.56 Å². The lowest BCUT2D eigenvalue weighted by atomic mass is 9.95. The molecule has 1 aliphatic heterocycles. The van der Waals surface area contributed by atoms with E-state index in [2.05, 4.69) is 0 Å². The molecule has 2 bridgehead atoms. The molecule has 0 aliphatic carbocycles. The minimum Gasteiger partial charge on any atom is -0.507 e. The molecule has 0 unspecified atom stereocenters. The van der Waals surface area contributed by atoms with Gasteiger partial charge in [-0.2, -0.15) is 0 Å². The van der Waals surface area contributed by atoms with E-state index in [0.29, 0.717) is 16.7 Å². The first-order valence-corrected chi connectivity index (χ1v) is 6.04. The van der Waals surface area contributed by atoms with Crippen molar-refractivity contribution < 1.29 is 24.5 Å². The maximum atomic E-state index is 11.4. The van der Waals surface area contributed by atoms with Crippen LogP contribution in [0.25, 0.3) is 11.1 Å². The van der Waals surface area contributed by atoms with Gasteiger partial charge in [-0.05, 0) is 25.5 Å². The summed E-state index contributed by atoms with van der Waals surface area (Å²) in [6.07, 6.45) is -0.852. The van der Waals surface area contributed by atoms with Gasteiger partial charge in [0.25, 0.3) is 0 Å². The lowest BCUT2D eigenvalue weighted by Gasteiger charge is -2.22. The van der Waals surface area contributed by atoms with E-state index in [1.807, 2.05) is 0 Å². The average molecular weight is 272 g/mol. The fourth-order valence-electron chi connectivity index (χ4n) is 2.37. The molecule has 0 fully saturated rings. The van der Waals surface area contributed by atoms with Gasteiger partial charge in [0.2, 0.25) is 0 Å². The SMILES string of the molecule is Cc1cccc(O)c1-c1c(O)cc2c(C)c1OC(=O)O2. The van der Waals surface area contributed by atoms with E-state index in [1.54, 1.807) is 26.0 Å². The zero-order valence-electron chi connectivity index (χ0n) is 10.9. The summed E-state index contributed by atoms with van der Waals surface area (Å²) in [5, 5.41) is 20.2. The van der Waals surface area contributed by atoms with E-state index >= 15 is 0 Å². The number of hydrogen-bond donors (Lipinski definition) is 2. The quantitative estimate of drug-likeness (QED) is 0.615. The van der Waals surface area contributed by atoms with Crippen molar-refractivity contribution in [3.05, 3.63) is 35.4 Å². The number of benzene rings is 2. The van der Waals surface area contributed by atoms with Gasteiger partial charge < -0.3 is 19.7 Å². The molecule has 0 saturated heterocycles. The first-order chi connectivity index (χ1) is 9.49. The van der Waals surface area contributed by atoms with Crippen LogP contribution in [0.1, 0.15) is 11.1 Å². The average Bonchev–Trinajstić information content (AvgIpc) is 2.36. The summed E-state index contributed by atoms with van der Waals surface area (Å²) in [6, 6.07) is 6.36. The van der Waals surface area contributed by atoms with Gasteiger partial charge in [-0.15, -0.1) is 0 Å². The lowest BCUT2D eigenvalue weighted by Crippen LogP contribution is -2.20. The predicted octanol–water partition coefficient (Wildman–Crippen LogP) is 3.27. The molecule has 5 nitrogen and oxygen atoms in total. The Morgan fingerprint density at radius 2 is 1.75 bits per heavy atom. The Morgan fingerprint density at radius 3 is 2.45 bits per heavy atom. The van der Waals surface area contributed by atoms with Crippen molar-refractivity contribution in [1.82, 2.24) is 0 Å². The highest BCUT2D eigenvalue weighted by atomic mass is 16.7. The van der Waals surface area contributed by atoms with Crippen molar-refractivity contribution in [3.8, 4) is 34.1 Å². The Morgan fingerprint density at radius 1 is 1.00 bits per heavy atom. The standard InChI is InChI=1S/C15H12O5/c1-7-4-3-5-9(16)12(7)13-10(17)6-11-8(2)14(13)20-15(18)19-11/h3-6,16-17H,1-2H3. The second kappa shape index (κ2) is 4.16. The molecule has 0 aromatic heterocycles. The maximum absolute atomic E-state index is 11.4. The summed E-state index contributed by atoms with van der Waals surface area (Å²) < 4.78 is 9.94. The van der Waals surface area contributed by atoms with Crippen LogP contribution in [-0.4, -0.2) is 16.4 Å². The Balaban J connectivity index is 2.36. The third-order valence-corrected chi connectivity index (χ3v) is 3.34. The maximum Gasteiger partial charge on any atom is 0.519 e. The van der Waals surface area contributed by atoms with Crippen LogP contribution in [-0.2, 0) is 0 Å². The van der Waals surface area contributed by atoms with Gasteiger partial charge in [-0.3, -0.25) is 0 Å². The molecule has 1 heterocycles. The van der Waals surface area contributed by atoms with Crippen molar-refractivity contribution in [3.63, 3.8) is 0 Å². The molecule has 3 rings (SSSR count).